The zero-order valence-electron chi connectivity index (χ0n) is 34.1. The molecule has 0 radical (unpaired) electrons. The van der Waals surface area contributed by atoms with Gasteiger partial charge >= 0.3 is 0 Å². The Hall–Kier alpha value is -8.35. The maximum Gasteiger partial charge on any atom is 0.166 e. The van der Waals surface area contributed by atoms with Crippen molar-refractivity contribution in [2.24, 2.45) is 0 Å². The summed E-state index contributed by atoms with van der Waals surface area (Å²) in [5.41, 5.74) is 14.9. The van der Waals surface area contributed by atoms with Crippen molar-refractivity contribution in [1.29, 1.82) is 0 Å². The Morgan fingerprint density at radius 2 is 1.08 bits per heavy atom. The molecule has 6 nitrogen and oxygen atoms in total. The summed E-state index contributed by atoms with van der Waals surface area (Å²) in [6, 6.07) is 66.2. The van der Waals surface area contributed by atoms with E-state index in [1.165, 1.54) is 44.1 Å². The molecule has 0 bridgehead atoms. The minimum Gasteiger partial charge on any atom is -0.456 e. The largest absolute Gasteiger partial charge is 0.456 e. The second kappa shape index (κ2) is 14.1. The first kappa shape index (κ1) is 35.4. The maximum atomic E-state index is 6.33. The van der Waals surface area contributed by atoms with Crippen molar-refractivity contribution in [3.63, 3.8) is 0 Å². The molecule has 13 rings (SSSR count). The van der Waals surface area contributed by atoms with Crippen LogP contribution in [-0.2, 0) is 6.42 Å². The van der Waals surface area contributed by atoms with Crippen molar-refractivity contribution in [3.8, 4) is 56.7 Å². The second-order valence-corrected chi connectivity index (χ2v) is 16.3. The Morgan fingerprint density at radius 1 is 0.429 bits per heavy atom. The lowest BCUT2D eigenvalue weighted by atomic mass is 9.99. The average molecular weight is 808 g/mol. The molecule has 0 saturated heterocycles. The minimum absolute atomic E-state index is 0.586. The topological polar surface area (TPSA) is 61.7 Å². The summed E-state index contributed by atoms with van der Waals surface area (Å²) >= 11 is 0. The lowest BCUT2D eigenvalue weighted by molar-refractivity contribution is 0.669. The fraction of sp³-hybridized carbons (Fsp3) is 0.0351. The Bertz CT molecular complexity index is 3800. The van der Waals surface area contributed by atoms with Crippen LogP contribution in [0.25, 0.3) is 117 Å². The van der Waals surface area contributed by atoms with Gasteiger partial charge in [-0.05, 0) is 84.1 Å². The first-order valence-electron chi connectivity index (χ1n) is 21.5. The van der Waals surface area contributed by atoms with Crippen LogP contribution in [0.4, 0.5) is 0 Å². The molecule has 0 atom stereocenters. The number of allylic oxidation sites excluding steroid dienone is 1. The molecular formula is C57H37N5O. The molecule has 0 spiro atoms. The molecule has 0 unspecified atom stereocenters. The van der Waals surface area contributed by atoms with E-state index in [0.29, 0.717) is 17.5 Å². The van der Waals surface area contributed by atoms with Crippen LogP contribution in [0, 0.1) is 0 Å². The molecule has 0 amide bonds. The fourth-order valence-electron chi connectivity index (χ4n) is 9.83. The molecule has 63 heavy (non-hydrogen) atoms. The third kappa shape index (κ3) is 5.62. The number of para-hydroxylation sites is 3. The molecule has 4 aromatic heterocycles. The molecule has 12 aromatic rings. The third-order valence-corrected chi connectivity index (χ3v) is 12.7. The predicted octanol–water partition coefficient (Wildman–Crippen LogP) is 14.4. The summed E-state index contributed by atoms with van der Waals surface area (Å²) in [6.07, 6.45) is 6.67. The van der Waals surface area contributed by atoms with E-state index in [0.717, 1.165) is 73.9 Å². The normalized spacial score (nSPS) is 12.6. The van der Waals surface area contributed by atoms with Crippen molar-refractivity contribution in [2.75, 3.05) is 0 Å². The van der Waals surface area contributed by atoms with Gasteiger partial charge in [-0.25, -0.2) is 15.0 Å². The summed E-state index contributed by atoms with van der Waals surface area (Å²) < 4.78 is 11.2. The summed E-state index contributed by atoms with van der Waals surface area (Å²) in [7, 11) is 0. The van der Waals surface area contributed by atoms with Gasteiger partial charge < -0.3 is 13.6 Å². The number of aryl methyl sites for hydroxylation is 1. The van der Waals surface area contributed by atoms with Crippen molar-refractivity contribution in [3.05, 3.63) is 205 Å². The number of fused-ring (bicyclic) bond motifs is 9. The maximum absolute atomic E-state index is 6.33. The summed E-state index contributed by atoms with van der Waals surface area (Å²) in [6.45, 7) is 0. The van der Waals surface area contributed by atoms with Crippen LogP contribution in [0.2, 0.25) is 0 Å². The highest BCUT2D eigenvalue weighted by atomic mass is 16.3. The number of aromatic nitrogens is 5. The molecule has 0 aliphatic heterocycles. The van der Waals surface area contributed by atoms with E-state index >= 15 is 0 Å². The zero-order valence-corrected chi connectivity index (χ0v) is 34.1. The Balaban J connectivity index is 1.05. The van der Waals surface area contributed by atoms with Gasteiger partial charge in [-0.3, -0.25) is 0 Å². The van der Waals surface area contributed by atoms with Crippen LogP contribution in [0.3, 0.4) is 0 Å². The summed E-state index contributed by atoms with van der Waals surface area (Å²) in [4.78, 5) is 15.8. The first-order valence-corrected chi connectivity index (χ1v) is 21.5. The molecule has 296 valence electrons. The van der Waals surface area contributed by atoms with Crippen LogP contribution < -0.4 is 0 Å². The van der Waals surface area contributed by atoms with E-state index in [-0.39, 0.29) is 0 Å². The lowest BCUT2D eigenvalue weighted by Gasteiger charge is -2.16. The number of rotatable bonds is 6. The lowest BCUT2D eigenvalue weighted by Crippen LogP contribution is -2.04. The van der Waals surface area contributed by atoms with E-state index in [4.69, 9.17) is 19.4 Å². The van der Waals surface area contributed by atoms with E-state index in [9.17, 15) is 0 Å². The summed E-state index contributed by atoms with van der Waals surface area (Å²) in [5, 5.41) is 5.67. The SMILES string of the molecule is C1=Cc2c(c3ccc(-c4ccccc4)cc3n2-c2ccc3c4ccccc4n(-c4ccccc4-c4nc(-c5ccccc5)nc(-c5cccc6oc7ccccc7c56)n4)c3c2)CC1. The molecule has 1 aliphatic rings. The minimum atomic E-state index is 0.586. The second-order valence-electron chi connectivity index (χ2n) is 16.3. The molecular weight excluding hydrogens is 771 g/mol. The van der Waals surface area contributed by atoms with Gasteiger partial charge in [-0.2, -0.15) is 0 Å². The molecule has 4 heterocycles. The van der Waals surface area contributed by atoms with E-state index in [1.54, 1.807) is 0 Å². The van der Waals surface area contributed by atoms with Crippen molar-refractivity contribution in [2.45, 2.75) is 12.8 Å². The van der Waals surface area contributed by atoms with Gasteiger partial charge in [0.15, 0.2) is 17.5 Å². The first-order chi connectivity index (χ1) is 31.2. The number of hydrogen-bond acceptors (Lipinski definition) is 4. The van der Waals surface area contributed by atoms with Gasteiger partial charge in [-0.15, -0.1) is 0 Å². The van der Waals surface area contributed by atoms with Gasteiger partial charge in [0.1, 0.15) is 11.2 Å². The van der Waals surface area contributed by atoms with Gasteiger partial charge in [0.2, 0.25) is 0 Å². The van der Waals surface area contributed by atoms with Crippen LogP contribution in [0.1, 0.15) is 17.7 Å². The standard InChI is InChI=1S/C57H37N5O/c1-3-16-36(17-4-1)38-30-32-42-40-20-7-11-25-47(40)61(50(42)34-38)39-31-33-43-41-21-8-12-26-48(41)62(51(43)35-39)49-27-13-9-22-44(49)56-58-55(37-18-5-2-6-19-37)59-57(60-56)46-24-15-29-53-54(46)45-23-10-14-28-52(45)63-53/h1-6,8-19,21-35H,7,20H2. The van der Waals surface area contributed by atoms with Crippen LogP contribution in [0.15, 0.2) is 199 Å². The average Bonchev–Trinajstić information content (AvgIpc) is 4.01. The number of nitrogens with zero attached hydrogens (tertiary/aromatic N) is 5. The van der Waals surface area contributed by atoms with Crippen molar-refractivity contribution in [1.82, 2.24) is 24.1 Å². The molecule has 8 aromatic carbocycles. The van der Waals surface area contributed by atoms with E-state index < -0.39 is 0 Å². The number of benzene rings is 8. The summed E-state index contributed by atoms with van der Waals surface area (Å²) in [5.74, 6) is 1.78. The third-order valence-electron chi connectivity index (χ3n) is 12.7. The van der Waals surface area contributed by atoms with Gasteiger partial charge in [0, 0.05) is 55.0 Å². The monoisotopic (exact) mass is 807 g/mol. The Morgan fingerprint density at radius 3 is 1.95 bits per heavy atom. The van der Waals surface area contributed by atoms with Gasteiger partial charge in [-0.1, -0.05) is 146 Å². The number of hydrogen-bond donors (Lipinski definition) is 0. The van der Waals surface area contributed by atoms with Crippen molar-refractivity contribution >= 4 is 60.7 Å². The highest BCUT2D eigenvalue weighted by molar-refractivity contribution is 6.12. The zero-order chi connectivity index (χ0) is 41.4. The Kier molecular flexibility index (Phi) is 7.93. The quantitative estimate of drug-likeness (QED) is 0.168. The molecule has 0 saturated carbocycles. The molecule has 0 fully saturated rings. The van der Waals surface area contributed by atoms with Crippen molar-refractivity contribution < 1.29 is 4.42 Å². The fourth-order valence-corrected chi connectivity index (χ4v) is 9.83. The predicted molar refractivity (Wildman–Crippen MR) is 257 cm³/mol. The van der Waals surface area contributed by atoms with E-state index in [2.05, 4.69) is 161 Å². The highest BCUT2D eigenvalue weighted by Gasteiger charge is 2.23. The molecule has 6 heteroatoms. The molecule has 1 aliphatic carbocycles. The molecule has 0 N–H and O–H groups in total. The van der Waals surface area contributed by atoms with Gasteiger partial charge in [0.05, 0.1) is 22.2 Å². The smallest absolute Gasteiger partial charge is 0.166 e. The van der Waals surface area contributed by atoms with E-state index in [1.807, 2.05) is 48.5 Å². The highest BCUT2D eigenvalue weighted by Crippen LogP contribution is 2.41. The van der Waals surface area contributed by atoms with Crippen LogP contribution in [-0.4, -0.2) is 24.1 Å². The number of furan rings is 1. The van der Waals surface area contributed by atoms with Gasteiger partial charge in [0.25, 0.3) is 0 Å². The van der Waals surface area contributed by atoms with Crippen LogP contribution >= 0.6 is 0 Å². The Labute approximate surface area is 362 Å². The van der Waals surface area contributed by atoms with Crippen LogP contribution in [0.5, 0.6) is 0 Å².